The van der Waals surface area contributed by atoms with Gasteiger partial charge in [0.2, 0.25) is 5.95 Å². The number of aryl methyl sites for hydroxylation is 1. The predicted octanol–water partition coefficient (Wildman–Crippen LogP) is 3.60. The number of hydrogen-bond donors (Lipinski definition) is 2. The van der Waals surface area contributed by atoms with Crippen molar-refractivity contribution >= 4 is 28.9 Å². The molecule has 0 amide bonds. The second kappa shape index (κ2) is 10.0. The number of anilines is 2. The maximum atomic E-state index is 4.62. The van der Waals surface area contributed by atoms with Crippen molar-refractivity contribution in [3.8, 4) is 0 Å². The number of hydrazone groups is 1. The van der Waals surface area contributed by atoms with Crippen LogP contribution in [0.15, 0.2) is 66.0 Å². The summed E-state index contributed by atoms with van der Waals surface area (Å²) in [7, 11) is 4.09. The molecule has 164 valence electrons. The largest absolute Gasteiger partial charge is 0.368 e. The fourth-order valence-corrected chi connectivity index (χ4v) is 3.28. The maximum absolute atomic E-state index is 4.62. The van der Waals surface area contributed by atoms with Gasteiger partial charge in [-0.25, -0.2) is 15.4 Å². The summed E-state index contributed by atoms with van der Waals surface area (Å²) >= 11 is 0. The number of hydrogen-bond acceptors (Lipinski definition) is 7. The minimum atomic E-state index is 0.434. The van der Waals surface area contributed by atoms with Gasteiger partial charge < -0.3 is 14.8 Å². The molecular formula is C24H28N8. The number of aromatic nitrogens is 4. The number of imidazole rings is 1. The lowest BCUT2D eigenvalue weighted by molar-refractivity contribution is 0.425. The molecular weight excluding hydrogens is 400 g/mol. The van der Waals surface area contributed by atoms with Gasteiger partial charge in [0.05, 0.1) is 11.7 Å². The Labute approximate surface area is 188 Å². The smallest absolute Gasteiger partial charge is 0.246 e. The van der Waals surface area contributed by atoms with Crippen molar-refractivity contribution in [2.45, 2.75) is 13.5 Å². The molecule has 0 fully saturated rings. The molecule has 2 aromatic heterocycles. The number of fused-ring (bicyclic) bond motifs is 1. The Balaban J connectivity index is 1.48. The summed E-state index contributed by atoms with van der Waals surface area (Å²) in [4.78, 5) is 15.7. The minimum absolute atomic E-state index is 0.434. The van der Waals surface area contributed by atoms with Crippen molar-refractivity contribution in [1.82, 2.24) is 24.4 Å². The average Bonchev–Trinajstić information content (AvgIpc) is 3.22. The van der Waals surface area contributed by atoms with E-state index in [4.69, 9.17) is 0 Å². The molecule has 8 nitrogen and oxygen atoms in total. The number of benzene rings is 2. The van der Waals surface area contributed by atoms with Crippen molar-refractivity contribution in [3.05, 3.63) is 77.9 Å². The van der Waals surface area contributed by atoms with Crippen molar-refractivity contribution in [1.29, 1.82) is 0 Å². The van der Waals surface area contributed by atoms with Crippen molar-refractivity contribution in [3.63, 3.8) is 0 Å². The Hall–Kier alpha value is -3.78. The number of nitrogens with zero attached hydrogens (tertiary/aromatic N) is 6. The van der Waals surface area contributed by atoms with Gasteiger partial charge in [-0.05, 0) is 38.7 Å². The fourth-order valence-electron chi connectivity index (χ4n) is 3.28. The molecule has 0 bridgehead atoms. The number of likely N-dealkylation sites (N-methyl/N-ethyl adjacent to an activating group) is 1. The molecule has 4 rings (SSSR count). The zero-order valence-electron chi connectivity index (χ0n) is 18.7. The van der Waals surface area contributed by atoms with Crippen LogP contribution >= 0.6 is 0 Å². The van der Waals surface area contributed by atoms with Crippen LogP contribution in [-0.4, -0.2) is 57.8 Å². The van der Waals surface area contributed by atoms with Gasteiger partial charge in [0.15, 0.2) is 5.82 Å². The lowest BCUT2D eigenvalue weighted by Crippen LogP contribution is -2.21. The van der Waals surface area contributed by atoms with Crippen LogP contribution in [-0.2, 0) is 6.54 Å². The first-order valence-electron chi connectivity index (χ1n) is 10.6. The van der Waals surface area contributed by atoms with E-state index < -0.39 is 0 Å². The third-order valence-corrected chi connectivity index (χ3v) is 5.02. The zero-order chi connectivity index (χ0) is 22.3. The van der Waals surface area contributed by atoms with Gasteiger partial charge in [-0.1, -0.05) is 42.0 Å². The van der Waals surface area contributed by atoms with E-state index in [0.29, 0.717) is 5.95 Å². The van der Waals surface area contributed by atoms with Crippen molar-refractivity contribution in [2.75, 3.05) is 37.9 Å². The normalized spacial score (nSPS) is 11.5. The summed E-state index contributed by atoms with van der Waals surface area (Å²) in [5, 5.41) is 8.72. The minimum Gasteiger partial charge on any atom is -0.368 e. The summed E-state index contributed by atoms with van der Waals surface area (Å²) < 4.78 is 2.05. The van der Waals surface area contributed by atoms with Crippen LogP contribution in [0.2, 0.25) is 0 Å². The van der Waals surface area contributed by atoms with Gasteiger partial charge in [0.1, 0.15) is 5.82 Å². The van der Waals surface area contributed by atoms with Gasteiger partial charge in [-0.2, -0.15) is 10.1 Å². The Morgan fingerprint density at radius 2 is 1.88 bits per heavy atom. The standard InChI is InChI=1S/C24H28N8/c1-18-8-10-19(11-9-18)17-32-15-13-25-22(32)16-27-30-24-28-21-7-5-4-6-20(21)23(29-24)26-12-14-31(2)3/h4-11,13,15-16H,12,14,17H2,1-3H3,(H2,26,28,29,30)/b27-16+. The van der Waals surface area contributed by atoms with E-state index in [9.17, 15) is 0 Å². The third kappa shape index (κ3) is 5.47. The van der Waals surface area contributed by atoms with Crippen LogP contribution in [0.3, 0.4) is 0 Å². The van der Waals surface area contributed by atoms with Crippen LogP contribution in [0.4, 0.5) is 11.8 Å². The summed E-state index contributed by atoms with van der Waals surface area (Å²) in [6.45, 7) is 4.51. The predicted molar refractivity (Wildman–Crippen MR) is 130 cm³/mol. The molecule has 0 aliphatic heterocycles. The maximum Gasteiger partial charge on any atom is 0.246 e. The molecule has 0 aliphatic rings. The summed E-state index contributed by atoms with van der Waals surface area (Å²) in [5.74, 6) is 1.98. The van der Waals surface area contributed by atoms with Crippen LogP contribution in [0.25, 0.3) is 10.9 Å². The lowest BCUT2D eigenvalue weighted by atomic mass is 10.1. The second-order valence-corrected chi connectivity index (χ2v) is 7.91. The monoisotopic (exact) mass is 428 g/mol. The topological polar surface area (TPSA) is 83.3 Å². The molecule has 0 aliphatic carbocycles. The molecule has 0 saturated heterocycles. The molecule has 4 aromatic rings. The van der Waals surface area contributed by atoms with Crippen LogP contribution in [0.5, 0.6) is 0 Å². The fraction of sp³-hybridized carbons (Fsp3) is 0.250. The van der Waals surface area contributed by atoms with Crippen LogP contribution in [0.1, 0.15) is 17.0 Å². The first-order chi connectivity index (χ1) is 15.6. The highest BCUT2D eigenvalue weighted by Gasteiger charge is 2.07. The zero-order valence-corrected chi connectivity index (χ0v) is 18.7. The van der Waals surface area contributed by atoms with E-state index in [2.05, 4.69) is 66.9 Å². The van der Waals surface area contributed by atoms with E-state index in [1.165, 1.54) is 11.1 Å². The highest BCUT2D eigenvalue weighted by atomic mass is 15.4. The molecule has 0 spiro atoms. The summed E-state index contributed by atoms with van der Waals surface area (Å²) in [5.41, 5.74) is 6.27. The molecule has 2 N–H and O–H groups in total. The molecule has 8 heteroatoms. The Bertz CT molecular complexity index is 1190. The van der Waals surface area contributed by atoms with Crippen molar-refractivity contribution in [2.24, 2.45) is 5.10 Å². The first-order valence-corrected chi connectivity index (χ1v) is 10.6. The lowest BCUT2D eigenvalue weighted by Gasteiger charge is -2.13. The number of para-hydroxylation sites is 1. The molecule has 2 heterocycles. The second-order valence-electron chi connectivity index (χ2n) is 7.91. The Morgan fingerprint density at radius 1 is 1.06 bits per heavy atom. The number of rotatable bonds is 9. The van der Waals surface area contributed by atoms with E-state index >= 15 is 0 Å². The van der Waals surface area contributed by atoms with E-state index in [1.807, 2.05) is 49.1 Å². The Kier molecular flexibility index (Phi) is 6.72. The molecule has 0 radical (unpaired) electrons. The third-order valence-electron chi connectivity index (χ3n) is 5.02. The molecule has 0 atom stereocenters. The summed E-state index contributed by atoms with van der Waals surface area (Å²) in [6, 6.07) is 16.4. The van der Waals surface area contributed by atoms with Crippen LogP contribution in [0, 0.1) is 6.92 Å². The van der Waals surface area contributed by atoms with Crippen molar-refractivity contribution < 1.29 is 0 Å². The van der Waals surface area contributed by atoms with Gasteiger partial charge in [0.25, 0.3) is 0 Å². The van der Waals surface area contributed by atoms with Gasteiger partial charge >= 0.3 is 0 Å². The molecule has 2 aromatic carbocycles. The average molecular weight is 429 g/mol. The number of nitrogens with one attached hydrogen (secondary N) is 2. The molecule has 32 heavy (non-hydrogen) atoms. The van der Waals surface area contributed by atoms with Gasteiger partial charge in [-0.3, -0.25) is 0 Å². The van der Waals surface area contributed by atoms with E-state index in [-0.39, 0.29) is 0 Å². The summed E-state index contributed by atoms with van der Waals surface area (Å²) in [6.07, 6.45) is 5.40. The van der Waals surface area contributed by atoms with E-state index in [1.54, 1.807) is 12.4 Å². The Morgan fingerprint density at radius 3 is 2.69 bits per heavy atom. The van der Waals surface area contributed by atoms with Gasteiger partial charge in [0, 0.05) is 37.4 Å². The highest BCUT2D eigenvalue weighted by molar-refractivity contribution is 5.90. The van der Waals surface area contributed by atoms with Gasteiger partial charge in [-0.15, -0.1) is 0 Å². The highest BCUT2D eigenvalue weighted by Crippen LogP contribution is 2.21. The SMILES string of the molecule is Cc1ccc(Cn2ccnc2/C=N/Nc2nc(NCCN(C)C)c3ccccc3n2)cc1. The quantitative estimate of drug-likeness (QED) is 0.313. The molecule has 0 unspecified atom stereocenters. The van der Waals surface area contributed by atoms with Crippen LogP contribution < -0.4 is 10.7 Å². The molecule has 0 saturated carbocycles. The van der Waals surface area contributed by atoms with E-state index in [0.717, 1.165) is 42.2 Å². The first kappa shape index (κ1) is 21.5.